The van der Waals surface area contributed by atoms with E-state index in [9.17, 15) is 4.79 Å². The number of aromatic carboxylic acids is 1. The summed E-state index contributed by atoms with van der Waals surface area (Å²) in [4.78, 5) is 28.3. The summed E-state index contributed by atoms with van der Waals surface area (Å²) in [6.07, 6.45) is 0.639. The van der Waals surface area contributed by atoms with Crippen molar-refractivity contribution in [1.82, 2.24) is 9.97 Å². The SMILES string of the molecule is CC(=O)O.CCc1nc(N)nc(N)c1C#C[C@H](C)c1cc(-c2ccc(C(=O)O)cc2)ccc1OC. The van der Waals surface area contributed by atoms with Gasteiger partial charge in [-0.2, -0.15) is 4.98 Å². The lowest BCUT2D eigenvalue weighted by Crippen LogP contribution is -2.07. The number of benzene rings is 2. The van der Waals surface area contributed by atoms with Gasteiger partial charge < -0.3 is 26.4 Å². The summed E-state index contributed by atoms with van der Waals surface area (Å²) < 4.78 is 5.53. The van der Waals surface area contributed by atoms with Crippen molar-refractivity contribution in [3.05, 3.63) is 64.8 Å². The van der Waals surface area contributed by atoms with Crippen molar-refractivity contribution in [2.45, 2.75) is 33.1 Å². The number of anilines is 2. The topological polar surface area (TPSA) is 162 Å². The molecule has 0 amide bonds. The number of rotatable bonds is 5. The Morgan fingerprint density at radius 3 is 2.20 bits per heavy atom. The Labute approximate surface area is 203 Å². The highest BCUT2D eigenvalue weighted by Gasteiger charge is 2.13. The molecule has 0 bridgehead atoms. The highest BCUT2D eigenvalue weighted by Crippen LogP contribution is 2.32. The van der Waals surface area contributed by atoms with Gasteiger partial charge in [-0.15, -0.1) is 0 Å². The number of hydrogen-bond acceptors (Lipinski definition) is 7. The van der Waals surface area contributed by atoms with E-state index in [0.29, 0.717) is 23.4 Å². The molecule has 182 valence electrons. The van der Waals surface area contributed by atoms with E-state index in [2.05, 4.69) is 21.8 Å². The van der Waals surface area contributed by atoms with Crippen LogP contribution in [-0.2, 0) is 11.2 Å². The zero-order chi connectivity index (χ0) is 26.1. The Morgan fingerprint density at radius 2 is 1.66 bits per heavy atom. The van der Waals surface area contributed by atoms with Gasteiger partial charge in [0.05, 0.1) is 23.9 Å². The molecule has 0 spiro atoms. The second-order valence-electron chi connectivity index (χ2n) is 7.49. The van der Waals surface area contributed by atoms with Crippen LogP contribution in [0.1, 0.15) is 53.9 Å². The van der Waals surface area contributed by atoms with Crippen molar-refractivity contribution in [2.75, 3.05) is 18.6 Å². The van der Waals surface area contributed by atoms with E-state index in [1.54, 1.807) is 31.4 Å². The average molecular weight is 477 g/mol. The van der Waals surface area contributed by atoms with Crippen LogP contribution in [0, 0.1) is 11.8 Å². The first-order chi connectivity index (χ1) is 16.6. The molecule has 0 aliphatic heterocycles. The Morgan fingerprint density at radius 1 is 1.06 bits per heavy atom. The van der Waals surface area contributed by atoms with Crippen molar-refractivity contribution < 1.29 is 24.5 Å². The maximum Gasteiger partial charge on any atom is 0.335 e. The van der Waals surface area contributed by atoms with Gasteiger partial charge in [0.25, 0.3) is 5.97 Å². The Kier molecular flexibility index (Phi) is 9.18. The van der Waals surface area contributed by atoms with Crippen molar-refractivity contribution >= 4 is 23.7 Å². The minimum absolute atomic E-state index is 0.135. The number of aliphatic carboxylic acids is 1. The fourth-order valence-electron chi connectivity index (χ4n) is 3.25. The molecule has 9 heteroatoms. The molecule has 0 unspecified atom stereocenters. The van der Waals surface area contributed by atoms with E-state index in [4.69, 9.17) is 31.2 Å². The summed E-state index contributed by atoms with van der Waals surface area (Å²) in [5.74, 6) is 5.49. The Balaban J connectivity index is 0.00000100. The van der Waals surface area contributed by atoms with Crippen LogP contribution in [0.2, 0.25) is 0 Å². The third-order valence-electron chi connectivity index (χ3n) is 4.94. The molecule has 35 heavy (non-hydrogen) atoms. The lowest BCUT2D eigenvalue weighted by Gasteiger charge is -2.14. The largest absolute Gasteiger partial charge is 0.496 e. The standard InChI is InChI=1S/C24H24N4O3.C2H4O2/c1-4-20-18(22(25)28-24(26)27-20)11-5-14(2)19-13-17(10-12-21(19)31-3)15-6-8-16(9-7-15)23(29)30;1-2(3)4/h6-10,12-14H,4H2,1-3H3,(H,29,30)(H4,25,26,27,28);1H3,(H,3,4)/t14-;/m0./s1. The van der Waals surface area contributed by atoms with Crippen LogP contribution in [-0.4, -0.2) is 39.2 Å². The second kappa shape index (κ2) is 12.0. The second-order valence-corrected chi connectivity index (χ2v) is 7.49. The summed E-state index contributed by atoms with van der Waals surface area (Å²) in [6, 6.07) is 12.5. The maximum atomic E-state index is 11.1. The first-order valence-electron chi connectivity index (χ1n) is 10.7. The van der Waals surface area contributed by atoms with Crippen LogP contribution in [0.5, 0.6) is 5.75 Å². The van der Waals surface area contributed by atoms with Gasteiger partial charge in [0.15, 0.2) is 0 Å². The third-order valence-corrected chi connectivity index (χ3v) is 4.94. The molecule has 1 heterocycles. The molecule has 0 fully saturated rings. The quantitative estimate of drug-likeness (QED) is 0.401. The number of nitrogen functional groups attached to an aromatic ring is 2. The summed E-state index contributed by atoms with van der Waals surface area (Å²) in [6.45, 7) is 5.01. The summed E-state index contributed by atoms with van der Waals surface area (Å²) in [5.41, 5.74) is 16.0. The molecule has 3 rings (SSSR count). The number of nitrogens with zero attached hydrogens (tertiary/aromatic N) is 2. The monoisotopic (exact) mass is 476 g/mol. The number of ether oxygens (including phenoxy) is 1. The average Bonchev–Trinajstić information content (AvgIpc) is 2.82. The highest BCUT2D eigenvalue weighted by atomic mass is 16.5. The van der Waals surface area contributed by atoms with Gasteiger partial charge in [0, 0.05) is 18.4 Å². The minimum Gasteiger partial charge on any atom is -0.496 e. The maximum absolute atomic E-state index is 11.1. The van der Waals surface area contributed by atoms with Gasteiger partial charge in [-0.25, -0.2) is 9.78 Å². The lowest BCUT2D eigenvalue weighted by atomic mass is 9.94. The van der Waals surface area contributed by atoms with Gasteiger partial charge in [0.2, 0.25) is 5.95 Å². The minimum atomic E-state index is -0.955. The fraction of sp³-hybridized carbons (Fsp3) is 0.231. The van der Waals surface area contributed by atoms with Crippen LogP contribution >= 0.6 is 0 Å². The van der Waals surface area contributed by atoms with E-state index < -0.39 is 11.9 Å². The number of carboxylic acids is 2. The first-order valence-corrected chi connectivity index (χ1v) is 10.7. The van der Waals surface area contributed by atoms with Crippen LogP contribution < -0.4 is 16.2 Å². The molecule has 0 saturated carbocycles. The molecule has 1 aromatic heterocycles. The van der Waals surface area contributed by atoms with Gasteiger partial charge in [0.1, 0.15) is 11.6 Å². The van der Waals surface area contributed by atoms with Crippen molar-refractivity contribution in [3.8, 4) is 28.7 Å². The van der Waals surface area contributed by atoms with Gasteiger partial charge in [-0.3, -0.25) is 4.79 Å². The lowest BCUT2D eigenvalue weighted by molar-refractivity contribution is -0.134. The van der Waals surface area contributed by atoms with Gasteiger partial charge in [-0.1, -0.05) is 37.0 Å². The van der Waals surface area contributed by atoms with Gasteiger partial charge in [-0.05, 0) is 48.7 Å². The Bertz CT molecular complexity index is 1270. The van der Waals surface area contributed by atoms with E-state index in [0.717, 1.165) is 23.6 Å². The Hall–Kier alpha value is -4.58. The highest BCUT2D eigenvalue weighted by molar-refractivity contribution is 5.88. The first kappa shape index (κ1) is 26.7. The molecule has 0 radical (unpaired) electrons. The van der Waals surface area contributed by atoms with Crippen LogP contribution in [0.25, 0.3) is 11.1 Å². The molecule has 1 atom stereocenters. The number of nitrogens with two attached hydrogens (primary N) is 2. The third kappa shape index (κ3) is 7.20. The van der Waals surface area contributed by atoms with Crippen molar-refractivity contribution in [2.24, 2.45) is 0 Å². The predicted molar refractivity (Wildman–Crippen MR) is 134 cm³/mol. The van der Waals surface area contributed by atoms with Crippen LogP contribution in [0.4, 0.5) is 11.8 Å². The predicted octanol–water partition coefficient (Wildman–Crippen LogP) is 3.82. The molecule has 0 saturated heterocycles. The molecular weight excluding hydrogens is 448 g/mol. The zero-order valence-corrected chi connectivity index (χ0v) is 20.0. The van der Waals surface area contributed by atoms with E-state index in [1.807, 2.05) is 32.0 Å². The van der Waals surface area contributed by atoms with Crippen molar-refractivity contribution in [1.29, 1.82) is 0 Å². The van der Waals surface area contributed by atoms with E-state index in [1.165, 1.54) is 0 Å². The van der Waals surface area contributed by atoms with E-state index >= 15 is 0 Å². The smallest absolute Gasteiger partial charge is 0.335 e. The van der Waals surface area contributed by atoms with Crippen LogP contribution in [0.3, 0.4) is 0 Å². The summed E-state index contributed by atoms with van der Waals surface area (Å²) in [5, 5.41) is 16.5. The molecule has 9 nitrogen and oxygen atoms in total. The molecule has 6 N–H and O–H groups in total. The van der Waals surface area contributed by atoms with Crippen LogP contribution in [0.15, 0.2) is 42.5 Å². The molecule has 3 aromatic rings. The molecule has 2 aromatic carbocycles. The number of aryl methyl sites for hydroxylation is 1. The molecule has 0 aliphatic rings. The van der Waals surface area contributed by atoms with E-state index in [-0.39, 0.29) is 23.2 Å². The number of carbonyl (C=O) groups is 2. The number of methoxy groups -OCH3 is 1. The normalized spacial score (nSPS) is 10.7. The summed E-state index contributed by atoms with van der Waals surface area (Å²) in [7, 11) is 1.61. The summed E-state index contributed by atoms with van der Waals surface area (Å²) >= 11 is 0. The molecule has 0 aliphatic carbocycles. The zero-order valence-electron chi connectivity index (χ0n) is 20.0. The molecular formula is C26H28N4O5. The number of hydrogen-bond donors (Lipinski definition) is 4. The van der Waals surface area contributed by atoms with Gasteiger partial charge >= 0.3 is 5.97 Å². The number of aromatic nitrogens is 2. The van der Waals surface area contributed by atoms with Crippen molar-refractivity contribution in [3.63, 3.8) is 0 Å². The number of carboxylic acid groups (broad SMARTS) is 2. The fourth-order valence-corrected chi connectivity index (χ4v) is 3.25.